The van der Waals surface area contributed by atoms with Crippen LogP contribution in [0.25, 0.3) is 27.6 Å². The van der Waals surface area contributed by atoms with Gasteiger partial charge in [-0.15, -0.1) is 0 Å². The van der Waals surface area contributed by atoms with E-state index in [4.69, 9.17) is 23.7 Å². The normalized spacial score (nSPS) is 11.1. The Bertz CT molecular complexity index is 1450. The van der Waals surface area contributed by atoms with Gasteiger partial charge < -0.3 is 29.0 Å². The fraction of sp³-hybridized carbons (Fsp3) is 0.273. The SMILES string of the molecule is COc1cc(/C=C/C(=O)OCCCNCCCOC(=O)c2c3ccccc3cc3ccccc23)cc(OC)c1OC. The summed E-state index contributed by atoms with van der Waals surface area (Å²) in [5.74, 6) is 0.737. The van der Waals surface area contributed by atoms with Gasteiger partial charge >= 0.3 is 11.9 Å². The number of rotatable bonds is 14. The van der Waals surface area contributed by atoms with Gasteiger partial charge in [-0.1, -0.05) is 48.5 Å². The molecule has 41 heavy (non-hydrogen) atoms. The molecule has 0 aliphatic heterocycles. The molecule has 0 heterocycles. The summed E-state index contributed by atoms with van der Waals surface area (Å²) in [6.45, 7) is 1.95. The number of fused-ring (bicyclic) bond motifs is 2. The molecule has 0 fully saturated rings. The number of hydrogen-bond donors (Lipinski definition) is 1. The average molecular weight is 558 g/mol. The number of methoxy groups -OCH3 is 3. The monoisotopic (exact) mass is 557 g/mol. The van der Waals surface area contributed by atoms with E-state index in [0.29, 0.717) is 60.9 Å². The Kier molecular flexibility index (Phi) is 10.6. The van der Waals surface area contributed by atoms with Crippen molar-refractivity contribution in [3.8, 4) is 17.2 Å². The van der Waals surface area contributed by atoms with Crippen molar-refractivity contribution in [2.45, 2.75) is 12.8 Å². The van der Waals surface area contributed by atoms with Crippen LogP contribution < -0.4 is 19.5 Å². The summed E-state index contributed by atoms with van der Waals surface area (Å²) in [4.78, 5) is 25.1. The standard InChI is InChI=1S/C33H35NO7/c1-37-28-20-23(21-29(38-2)32(28)39-3)14-15-30(35)40-18-8-16-34-17-9-19-41-33(36)31-26-12-6-4-10-24(26)22-25-11-5-7-13-27(25)31/h4-7,10-15,20-22,34H,8-9,16-19H2,1-3H3/b15-14+. The molecule has 0 spiro atoms. The zero-order valence-electron chi connectivity index (χ0n) is 23.6. The number of benzene rings is 4. The van der Waals surface area contributed by atoms with Gasteiger partial charge in [0.25, 0.3) is 0 Å². The van der Waals surface area contributed by atoms with E-state index in [9.17, 15) is 9.59 Å². The molecule has 0 radical (unpaired) electrons. The first-order chi connectivity index (χ1) is 20.0. The van der Waals surface area contributed by atoms with E-state index in [-0.39, 0.29) is 12.6 Å². The quantitative estimate of drug-likeness (QED) is 0.0900. The Morgan fingerprint density at radius 3 is 1.85 bits per heavy atom. The van der Waals surface area contributed by atoms with Crippen molar-refractivity contribution in [1.82, 2.24) is 5.32 Å². The molecule has 4 aromatic rings. The number of nitrogens with one attached hydrogen (secondary N) is 1. The van der Waals surface area contributed by atoms with Crippen LogP contribution in [-0.2, 0) is 14.3 Å². The number of carbonyl (C=O) groups is 2. The van der Waals surface area contributed by atoms with Crippen LogP contribution >= 0.6 is 0 Å². The number of hydrogen-bond acceptors (Lipinski definition) is 8. The van der Waals surface area contributed by atoms with E-state index in [1.165, 1.54) is 27.4 Å². The summed E-state index contributed by atoms with van der Waals surface area (Å²) in [6, 6.07) is 21.3. The molecule has 4 aromatic carbocycles. The average Bonchev–Trinajstić information content (AvgIpc) is 3.00. The van der Waals surface area contributed by atoms with E-state index in [2.05, 4.69) is 11.4 Å². The van der Waals surface area contributed by atoms with Crippen LogP contribution in [0.5, 0.6) is 17.2 Å². The molecule has 0 aliphatic rings. The highest BCUT2D eigenvalue weighted by atomic mass is 16.5. The minimum absolute atomic E-state index is 0.286. The van der Waals surface area contributed by atoms with Crippen molar-refractivity contribution in [2.75, 3.05) is 47.6 Å². The van der Waals surface area contributed by atoms with Gasteiger partial charge in [-0.05, 0) is 77.3 Å². The van der Waals surface area contributed by atoms with Gasteiger partial charge in [-0.3, -0.25) is 0 Å². The number of carbonyl (C=O) groups excluding carboxylic acids is 2. The van der Waals surface area contributed by atoms with Crippen LogP contribution in [0.3, 0.4) is 0 Å². The Morgan fingerprint density at radius 2 is 1.29 bits per heavy atom. The summed E-state index contributed by atoms with van der Waals surface area (Å²) in [5.41, 5.74) is 1.32. The van der Waals surface area contributed by atoms with Crippen LogP contribution in [0.2, 0.25) is 0 Å². The highest BCUT2D eigenvalue weighted by Crippen LogP contribution is 2.38. The Hall–Kier alpha value is -4.56. The summed E-state index contributed by atoms with van der Waals surface area (Å²) < 4.78 is 26.9. The van der Waals surface area contributed by atoms with Gasteiger partial charge in [0, 0.05) is 6.08 Å². The largest absolute Gasteiger partial charge is 0.493 e. The molecule has 1 N–H and O–H groups in total. The Labute approximate surface area is 239 Å². The topological polar surface area (TPSA) is 92.3 Å². The lowest BCUT2D eigenvalue weighted by Gasteiger charge is -2.12. The lowest BCUT2D eigenvalue weighted by molar-refractivity contribution is -0.137. The first-order valence-electron chi connectivity index (χ1n) is 13.5. The lowest BCUT2D eigenvalue weighted by atomic mass is 9.97. The van der Waals surface area contributed by atoms with E-state index < -0.39 is 5.97 Å². The minimum Gasteiger partial charge on any atom is -0.493 e. The van der Waals surface area contributed by atoms with E-state index >= 15 is 0 Å². The summed E-state index contributed by atoms with van der Waals surface area (Å²) in [5, 5.41) is 7.09. The van der Waals surface area contributed by atoms with Crippen molar-refractivity contribution in [3.05, 3.63) is 83.9 Å². The minimum atomic E-state index is -0.438. The van der Waals surface area contributed by atoms with Crippen molar-refractivity contribution >= 4 is 39.6 Å². The van der Waals surface area contributed by atoms with E-state index in [0.717, 1.165) is 21.5 Å². The first-order valence-corrected chi connectivity index (χ1v) is 13.5. The highest BCUT2D eigenvalue weighted by molar-refractivity contribution is 6.16. The van der Waals surface area contributed by atoms with Crippen molar-refractivity contribution in [1.29, 1.82) is 0 Å². The second-order valence-electron chi connectivity index (χ2n) is 9.25. The fourth-order valence-corrected chi connectivity index (χ4v) is 4.57. The van der Waals surface area contributed by atoms with Crippen LogP contribution in [0.1, 0.15) is 28.8 Å². The van der Waals surface area contributed by atoms with Gasteiger partial charge in [-0.25, -0.2) is 9.59 Å². The van der Waals surface area contributed by atoms with Crippen LogP contribution in [0.15, 0.2) is 72.8 Å². The summed E-state index contributed by atoms with van der Waals surface area (Å²) in [7, 11) is 4.60. The molecule has 0 saturated heterocycles. The highest BCUT2D eigenvalue weighted by Gasteiger charge is 2.16. The first kappa shape index (κ1) is 29.4. The fourth-order valence-electron chi connectivity index (χ4n) is 4.57. The molecular formula is C33H35NO7. The second kappa shape index (κ2) is 14.7. The molecule has 0 aliphatic carbocycles. The molecule has 214 valence electrons. The number of esters is 2. The maximum absolute atomic E-state index is 13.0. The smallest absolute Gasteiger partial charge is 0.339 e. The van der Waals surface area contributed by atoms with Gasteiger partial charge in [0.1, 0.15) is 0 Å². The maximum Gasteiger partial charge on any atom is 0.339 e. The molecule has 0 aromatic heterocycles. The Balaban J connectivity index is 1.15. The molecule has 0 unspecified atom stereocenters. The zero-order chi connectivity index (χ0) is 29.0. The summed E-state index contributed by atoms with van der Waals surface area (Å²) >= 11 is 0. The third-order valence-electron chi connectivity index (χ3n) is 6.55. The molecule has 8 nitrogen and oxygen atoms in total. The van der Waals surface area contributed by atoms with Crippen LogP contribution in [0.4, 0.5) is 0 Å². The number of ether oxygens (including phenoxy) is 5. The van der Waals surface area contributed by atoms with Crippen molar-refractivity contribution < 1.29 is 33.3 Å². The predicted octanol–water partition coefficient (Wildman–Crippen LogP) is 5.80. The molecular weight excluding hydrogens is 522 g/mol. The second-order valence-corrected chi connectivity index (χ2v) is 9.25. The molecule has 4 rings (SSSR count). The third-order valence-corrected chi connectivity index (χ3v) is 6.55. The molecule has 0 bridgehead atoms. The zero-order valence-corrected chi connectivity index (χ0v) is 23.6. The van der Waals surface area contributed by atoms with E-state index in [1.807, 2.05) is 48.5 Å². The lowest BCUT2D eigenvalue weighted by Crippen LogP contribution is -2.20. The van der Waals surface area contributed by atoms with Crippen LogP contribution in [0, 0.1) is 0 Å². The molecule has 0 amide bonds. The summed E-state index contributed by atoms with van der Waals surface area (Å²) in [6.07, 6.45) is 4.33. The molecule has 0 atom stereocenters. The van der Waals surface area contributed by atoms with Gasteiger partial charge in [0.15, 0.2) is 11.5 Å². The van der Waals surface area contributed by atoms with Crippen molar-refractivity contribution in [2.24, 2.45) is 0 Å². The van der Waals surface area contributed by atoms with Crippen LogP contribution in [-0.4, -0.2) is 59.6 Å². The predicted molar refractivity (Wildman–Crippen MR) is 160 cm³/mol. The van der Waals surface area contributed by atoms with Gasteiger partial charge in [0.2, 0.25) is 5.75 Å². The van der Waals surface area contributed by atoms with Gasteiger partial charge in [-0.2, -0.15) is 0 Å². The third kappa shape index (κ3) is 7.55. The van der Waals surface area contributed by atoms with Gasteiger partial charge in [0.05, 0.1) is 40.1 Å². The maximum atomic E-state index is 13.0. The van der Waals surface area contributed by atoms with E-state index in [1.54, 1.807) is 18.2 Å². The molecule has 8 heteroatoms. The van der Waals surface area contributed by atoms with Crippen molar-refractivity contribution in [3.63, 3.8) is 0 Å². The molecule has 0 saturated carbocycles. The Morgan fingerprint density at radius 1 is 0.732 bits per heavy atom.